The molecule has 1 heterocycles. The van der Waals surface area contributed by atoms with E-state index in [0.29, 0.717) is 5.95 Å². The Hall–Kier alpha value is -1.49. The summed E-state index contributed by atoms with van der Waals surface area (Å²) >= 11 is 1.82. The monoisotopic (exact) mass is 262 g/mol. The number of thioether (sulfide) groups is 1. The molecule has 2 aromatic rings. The van der Waals surface area contributed by atoms with Gasteiger partial charge >= 0.3 is 0 Å². The highest BCUT2D eigenvalue weighted by atomic mass is 32.2. The summed E-state index contributed by atoms with van der Waals surface area (Å²) in [6.07, 6.45) is 2.11. The Labute approximate surface area is 111 Å². The van der Waals surface area contributed by atoms with Crippen LogP contribution in [0.3, 0.4) is 0 Å². The van der Waals surface area contributed by atoms with E-state index in [0.717, 1.165) is 23.3 Å². The zero-order valence-corrected chi connectivity index (χ0v) is 11.7. The van der Waals surface area contributed by atoms with Crippen LogP contribution in [0.25, 0.3) is 10.9 Å². The zero-order valence-electron chi connectivity index (χ0n) is 10.9. The maximum Gasteiger partial charge on any atom is 0.222 e. The van der Waals surface area contributed by atoms with Crippen LogP contribution in [0.2, 0.25) is 0 Å². The Morgan fingerprint density at radius 1 is 1.28 bits per heavy atom. The standard InChI is InChI=1S/C13H18N4S/c1-13(2,18-3)8-15-11-9-6-4-5-7-10(9)16-12(14)17-11/h4-7H,8H2,1-3H3,(H3,14,15,16,17). The third-order valence-electron chi connectivity index (χ3n) is 2.85. The Balaban J connectivity index is 2.33. The predicted molar refractivity (Wildman–Crippen MR) is 80.0 cm³/mol. The molecule has 18 heavy (non-hydrogen) atoms. The van der Waals surface area contributed by atoms with Gasteiger partial charge in [-0.1, -0.05) is 12.1 Å². The molecule has 0 unspecified atom stereocenters. The third kappa shape index (κ3) is 2.85. The number of rotatable bonds is 4. The van der Waals surface area contributed by atoms with Crippen LogP contribution in [0.5, 0.6) is 0 Å². The van der Waals surface area contributed by atoms with Crippen molar-refractivity contribution in [2.45, 2.75) is 18.6 Å². The molecule has 1 aromatic heterocycles. The van der Waals surface area contributed by atoms with E-state index in [1.165, 1.54) is 0 Å². The van der Waals surface area contributed by atoms with E-state index in [-0.39, 0.29) is 4.75 Å². The lowest BCUT2D eigenvalue weighted by molar-refractivity contribution is 0.751. The first kappa shape index (κ1) is 13.0. The highest BCUT2D eigenvalue weighted by Gasteiger charge is 2.16. The van der Waals surface area contributed by atoms with Crippen molar-refractivity contribution in [3.05, 3.63) is 24.3 Å². The Morgan fingerprint density at radius 3 is 2.72 bits per heavy atom. The normalized spacial score (nSPS) is 11.7. The van der Waals surface area contributed by atoms with Gasteiger partial charge < -0.3 is 11.1 Å². The number of benzene rings is 1. The molecule has 0 aliphatic carbocycles. The number of hydrogen-bond donors (Lipinski definition) is 2. The average molecular weight is 262 g/mol. The van der Waals surface area contributed by atoms with Crippen LogP contribution in [-0.2, 0) is 0 Å². The number of fused-ring (bicyclic) bond motifs is 1. The Kier molecular flexibility index (Phi) is 3.61. The summed E-state index contributed by atoms with van der Waals surface area (Å²) in [6, 6.07) is 7.87. The second kappa shape index (κ2) is 5.02. The molecular formula is C13H18N4S. The second-order valence-corrected chi connectivity index (χ2v) is 6.28. The van der Waals surface area contributed by atoms with E-state index in [1.807, 2.05) is 36.0 Å². The van der Waals surface area contributed by atoms with Crippen molar-refractivity contribution >= 4 is 34.4 Å². The van der Waals surface area contributed by atoms with Gasteiger partial charge in [0.2, 0.25) is 5.95 Å². The summed E-state index contributed by atoms with van der Waals surface area (Å²) in [6.45, 7) is 5.21. The molecule has 96 valence electrons. The molecule has 0 spiro atoms. The van der Waals surface area contributed by atoms with Crippen LogP contribution in [0.15, 0.2) is 24.3 Å². The maximum absolute atomic E-state index is 5.73. The molecule has 0 aliphatic heterocycles. The van der Waals surface area contributed by atoms with Crippen LogP contribution >= 0.6 is 11.8 Å². The third-order valence-corrected chi connectivity index (χ3v) is 4.10. The number of nitrogens with two attached hydrogens (primary N) is 1. The number of anilines is 2. The quantitative estimate of drug-likeness (QED) is 0.887. The lowest BCUT2D eigenvalue weighted by Gasteiger charge is -2.23. The highest BCUT2D eigenvalue weighted by molar-refractivity contribution is 7.99. The number of hydrogen-bond acceptors (Lipinski definition) is 5. The summed E-state index contributed by atoms with van der Waals surface area (Å²) in [5.74, 6) is 1.11. The molecular weight excluding hydrogens is 244 g/mol. The predicted octanol–water partition coefficient (Wildman–Crippen LogP) is 2.77. The minimum absolute atomic E-state index is 0.154. The van der Waals surface area contributed by atoms with Gasteiger partial charge in [-0.05, 0) is 32.2 Å². The van der Waals surface area contributed by atoms with Crippen LogP contribution in [-0.4, -0.2) is 27.5 Å². The fourth-order valence-corrected chi connectivity index (χ4v) is 1.81. The SMILES string of the molecule is CSC(C)(C)CNc1nc(N)nc2ccccc12. The van der Waals surface area contributed by atoms with Gasteiger partial charge in [0.25, 0.3) is 0 Å². The number of para-hydroxylation sites is 1. The van der Waals surface area contributed by atoms with Crippen LogP contribution in [0.4, 0.5) is 11.8 Å². The topological polar surface area (TPSA) is 63.8 Å². The first-order chi connectivity index (χ1) is 8.52. The molecule has 0 fully saturated rings. The summed E-state index contributed by atoms with van der Waals surface area (Å²) in [5.41, 5.74) is 6.60. The van der Waals surface area contributed by atoms with Crippen molar-refractivity contribution in [3.63, 3.8) is 0 Å². The number of aromatic nitrogens is 2. The minimum Gasteiger partial charge on any atom is -0.368 e. The first-order valence-electron chi connectivity index (χ1n) is 5.83. The van der Waals surface area contributed by atoms with Crippen molar-refractivity contribution in [1.29, 1.82) is 0 Å². The van der Waals surface area contributed by atoms with Crippen molar-refractivity contribution in [2.24, 2.45) is 0 Å². The molecule has 2 rings (SSSR count). The molecule has 0 bridgehead atoms. The summed E-state index contributed by atoms with van der Waals surface area (Å²) < 4.78 is 0.154. The fraction of sp³-hybridized carbons (Fsp3) is 0.385. The van der Waals surface area contributed by atoms with Crippen molar-refractivity contribution < 1.29 is 0 Å². The van der Waals surface area contributed by atoms with Crippen LogP contribution < -0.4 is 11.1 Å². The van der Waals surface area contributed by atoms with Crippen molar-refractivity contribution in [2.75, 3.05) is 23.9 Å². The molecule has 5 heteroatoms. The van der Waals surface area contributed by atoms with E-state index in [2.05, 4.69) is 35.4 Å². The van der Waals surface area contributed by atoms with Gasteiger partial charge in [0, 0.05) is 16.7 Å². The van der Waals surface area contributed by atoms with Gasteiger partial charge in [0.05, 0.1) is 5.52 Å². The van der Waals surface area contributed by atoms with Gasteiger partial charge in [0.15, 0.2) is 0 Å². The molecule has 0 saturated heterocycles. The number of nitrogen functional groups attached to an aromatic ring is 1. The smallest absolute Gasteiger partial charge is 0.222 e. The molecule has 0 radical (unpaired) electrons. The number of nitrogens with zero attached hydrogens (tertiary/aromatic N) is 2. The molecule has 1 aromatic carbocycles. The minimum atomic E-state index is 0.154. The summed E-state index contributed by atoms with van der Waals surface area (Å²) in [4.78, 5) is 8.51. The van der Waals surface area contributed by atoms with E-state index < -0.39 is 0 Å². The maximum atomic E-state index is 5.73. The van der Waals surface area contributed by atoms with E-state index in [1.54, 1.807) is 0 Å². The van der Waals surface area contributed by atoms with Crippen molar-refractivity contribution in [1.82, 2.24) is 9.97 Å². The largest absolute Gasteiger partial charge is 0.368 e. The summed E-state index contributed by atoms with van der Waals surface area (Å²) in [7, 11) is 0. The number of nitrogens with one attached hydrogen (secondary N) is 1. The van der Waals surface area contributed by atoms with Gasteiger partial charge in [0.1, 0.15) is 5.82 Å². The molecule has 0 aliphatic rings. The zero-order chi connectivity index (χ0) is 13.2. The molecule has 4 nitrogen and oxygen atoms in total. The first-order valence-corrected chi connectivity index (χ1v) is 7.05. The van der Waals surface area contributed by atoms with Gasteiger partial charge in [-0.2, -0.15) is 16.7 Å². The average Bonchev–Trinajstić information content (AvgIpc) is 2.36. The molecule has 0 atom stereocenters. The Bertz CT molecular complexity index is 554. The van der Waals surface area contributed by atoms with Gasteiger partial charge in [-0.3, -0.25) is 0 Å². The van der Waals surface area contributed by atoms with Crippen LogP contribution in [0.1, 0.15) is 13.8 Å². The molecule has 3 N–H and O–H groups in total. The summed E-state index contributed by atoms with van der Waals surface area (Å²) in [5, 5.41) is 4.37. The Morgan fingerprint density at radius 2 is 2.00 bits per heavy atom. The lowest BCUT2D eigenvalue weighted by atomic mass is 10.2. The fourth-order valence-electron chi connectivity index (χ4n) is 1.60. The van der Waals surface area contributed by atoms with Crippen molar-refractivity contribution in [3.8, 4) is 0 Å². The van der Waals surface area contributed by atoms with E-state index in [9.17, 15) is 0 Å². The molecule has 0 amide bonds. The highest BCUT2D eigenvalue weighted by Crippen LogP contribution is 2.24. The lowest BCUT2D eigenvalue weighted by Crippen LogP contribution is -2.26. The van der Waals surface area contributed by atoms with E-state index in [4.69, 9.17) is 5.73 Å². The van der Waals surface area contributed by atoms with E-state index >= 15 is 0 Å². The van der Waals surface area contributed by atoms with Gasteiger partial charge in [-0.15, -0.1) is 0 Å². The van der Waals surface area contributed by atoms with Gasteiger partial charge in [-0.25, -0.2) is 4.98 Å². The molecule has 0 saturated carbocycles. The second-order valence-electron chi connectivity index (χ2n) is 4.76. The van der Waals surface area contributed by atoms with Crippen LogP contribution in [0, 0.1) is 0 Å².